The van der Waals surface area contributed by atoms with Crippen molar-refractivity contribution in [2.75, 3.05) is 19.6 Å². The molecule has 5 nitrogen and oxygen atoms in total. The van der Waals surface area contributed by atoms with E-state index in [-0.39, 0.29) is 18.1 Å². The first-order chi connectivity index (χ1) is 10.8. The van der Waals surface area contributed by atoms with E-state index in [0.717, 1.165) is 25.2 Å². The van der Waals surface area contributed by atoms with Gasteiger partial charge < -0.3 is 9.67 Å². The maximum atomic E-state index is 10.6. The number of aliphatic hydroxyl groups is 1. The van der Waals surface area contributed by atoms with E-state index in [4.69, 9.17) is 5.26 Å². The molecule has 2 aliphatic heterocycles. The van der Waals surface area contributed by atoms with E-state index in [1.54, 1.807) is 0 Å². The second-order valence-electron chi connectivity index (χ2n) is 6.13. The number of aliphatic hydroxyl groups excluding tert-OH is 1. The largest absolute Gasteiger partial charge is 0.393 e. The molecule has 0 bridgehead atoms. The highest BCUT2D eigenvalue weighted by Gasteiger charge is 2.40. The Morgan fingerprint density at radius 3 is 3.09 bits per heavy atom. The number of fused-ring (bicyclic) bond motifs is 3. The van der Waals surface area contributed by atoms with E-state index in [1.165, 1.54) is 11.1 Å². The van der Waals surface area contributed by atoms with Gasteiger partial charge in [0.25, 0.3) is 0 Å². The zero-order chi connectivity index (χ0) is 15.1. The summed E-state index contributed by atoms with van der Waals surface area (Å²) in [6.45, 7) is 1.95. The number of rotatable bonds is 2. The molecule has 0 spiro atoms. The standard InChI is InChI=1S/C17H18N4O/c18-6-8-20-7-5-16(22)14(10-20)17-13-4-2-1-3-12(13)15-9-19-11-21(15)17/h1-4,9,11,14,16-17,22H,5,7-8,10H2/t14-,16-,17-/m1/s1. The molecular weight excluding hydrogens is 276 g/mol. The minimum atomic E-state index is -0.346. The van der Waals surface area contributed by atoms with Crippen LogP contribution in [0.15, 0.2) is 36.8 Å². The Labute approximate surface area is 129 Å². The molecule has 5 heteroatoms. The highest BCUT2D eigenvalue weighted by Crippen LogP contribution is 2.44. The van der Waals surface area contributed by atoms with Crippen LogP contribution in [0.1, 0.15) is 18.0 Å². The van der Waals surface area contributed by atoms with Crippen LogP contribution in [-0.2, 0) is 0 Å². The Morgan fingerprint density at radius 1 is 1.36 bits per heavy atom. The Bertz CT molecular complexity index is 732. The molecule has 1 fully saturated rings. The van der Waals surface area contributed by atoms with Gasteiger partial charge >= 0.3 is 0 Å². The second kappa shape index (κ2) is 5.24. The van der Waals surface area contributed by atoms with E-state index in [1.807, 2.05) is 24.7 Å². The molecule has 4 rings (SSSR count). The third kappa shape index (κ3) is 1.96. The normalized spacial score (nSPS) is 27.2. The molecule has 0 unspecified atom stereocenters. The third-order valence-electron chi connectivity index (χ3n) is 4.93. The summed E-state index contributed by atoms with van der Waals surface area (Å²) >= 11 is 0. The summed E-state index contributed by atoms with van der Waals surface area (Å²) in [6.07, 6.45) is 4.12. The van der Waals surface area contributed by atoms with Gasteiger partial charge in [0, 0.05) is 24.6 Å². The van der Waals surface area contributed by atoms with E-state index in [2.05, 4.69) is 32.7 Å². The van der Waals surface area contributed by atoms with Crippen molar-refractivity contribution in [3.63, 3.8) is 0 Å². The van der Waals surface area contributed by atoms with Gasteiger partial charge in [0.1, 0.15) is 0 Å². The summed E-state index contributed by atoms with van der Waals surface area (Å²) in [6, 6.07) is 10.7. The number of nitriles is 1. The molecule has 0 amide bonds. The molecule has 0 aliphatic carbocycles. The molecule has 0 saturated carbocycles. The molecule has 22 heavy (non-hydrogen) atoms. The van der Waals surface area contributed by atoms with Crippen molar-refractivity contribution in [1.29, 1.82) is 5.26 Å². The summed E-state index contributed by atoms with van der Waals surface area (Å²) < 4.78 is 2.18. The monoisotopic (exact) mass is 294 g/mol. The average Bonchev–Trinajstić information content (AvgIpc) is 3.10. The van der Waals surface area contributed by atoms with Gasteiger partial charge in [-0.25, -0.2) is 4.98 Å². The van der Waals surface area contributed by atoms with Gasteiger partial charge in [-0.1, -0.05) is 24.3 Å². The summed E-state index contributed by atoms with van der Waals surface area (Å²) in [5.74, 6) is 0.0821. The van der Waals surface area contributed by atoms with Gasteiger partial charge in [0.05, 0.1) is 43.0 Å². The third-order valence-corrected chi connectivity index (χ3v) is 4.93. The van der Waals surface area contributed by atoms with Gasteiger partial charge in [-0.15, -0.1) is 0 Å². The van der Waals surface area contributed by atoms with Gasteiger partial charge in [-0.2, -0.15) is 5.26 Å². The second-order valence-corrected chi connectivity index (χ2v) is 6.13. The molecule has 3 atom stereocenters. The molecule has 1 saturated heterocycles. The maximum absolute atomic E-state index is 10.6. The Balaban J connectivity index is 1.74. The fourth-order valence-electron chi connectivity index (χ4n) is 3.90. The predicted octanol–water partition coefficient (Wildman–Crippen LogP) is 1.66. The van der Waals surface area contributed by atoms with Crippen LogP contribution in [0.4, 0.5) is 0 Å². The SMILES string of the molecule is N#CCN1CC[C@@H](O)[C@H]([C@H]2c3ccccc3-c3cncn32)C1. The predicted molar refractivity (Wildman–Crippen MR) is 82.0 cm³/mol. The fourth-order valence-corrected chi connectivity index (χ4v) is 3.90. The number of piperidine rings is 1. The van der Waals surface area contributed by atoms with Crippen LogP contribution in [0, 0.1) is 17.2 Å². The van der Waals surface area contributed by atoms with Crippen molar-refractivity contribution in [2.24, 2.45) is 5.92 Å². The van der Waals surface area contributed by atoms with Gasteiger partial charge in [0.15, 0.2) is 0 Å². The van der Waals surface area contributed by atoms with Crippen LogP contribution in [-0.4, -0.2) is 45.3 Å². The summed E-state index contributed by atoms with van der Waals surface area (Å²) in [7, 11) is 0. The van der Waals surface area contributed by atoms with Crippen molar-refractivity contribution in [1.82, 2.24) is 14.5 Å². The minimum absolute atomic E-state index is 0.0821. The summed E-state index contributed by atoms with van der Waals surface area (Å²) in [5, 5.41) is 19.5. The number of nitrogens with zero attached hydrogens (tertiary/aromatic N) is 4. The van der Waals surface area contributed by atoms with Crippen molar-refractivity contribution in [3.8, 4) is 17.3 Å². The van der Waals surface area contributed by atoms with E-state index in [0.29, 0.717) is 6.54 Å². The smallest absolute Gasteiger partial charge is 0.0956 e. The molecule has 2 aromatic rings. The number of imidazole rings is 1. The van der Waals surface area contributed by atoms with Crippen LogP contribution in [0.5, 0.6) is 0 Å². The first-order valence-electron chi connectivity index (χ1n) is 7.68. The maximum Gasteiger partial charge on any atom is 0.0956 e. The Morgan fingerprint density at radius 2 is 2.23 bits per heavy atom. The van der Waals surface area contributed by atoms with E-state index in [9.17, 15) is 5.11 Å². The topological polar surface area (TPSA) is 65.1 Å². The minimum Gasteiger partial charge on any atom is -0.393 e. The van der Waals surface area contributed by atoms with Crippen LogP contribution < -0.4 is 0 Å². The Kier molecular flexibility index (Phi) is 3.21. The zero-order valence-corrected chi connectivity index (χ0v) is 12.3. The first-order valence-corrected chi connectivity index (χ1v) is 7.68. The number of hydrogen-bond acceptors (Lipinski definition) is 4. The lowest BCUT2D eigenvalue weighted by Gasteiger charge is -2.38. The van der Waals surface area contributed by atoms with Crippen molar-refractivity contribution >= 4 is 0 Å². The highest BCUT2D eigenvalue weighted by atomic mass is 16.3. The molecule has 1 aromatic heterocycles. The lowest BCUT2D eigenvalue weighted by atomic mass is 9.84. The van der Waals surface area contributed by atoms with Crippen LogP contribution in [0.3, 0.4) is 0 Å². The summed E-state index contributed by atoms with van der Waals surface area (Å²) in [4.78, 5) is 6.42. The molecule has 0 radical (unpaired) electrons. The van der Waals surface area contributed by atoms with Gasteiger partial charge in [0.2, 0.25) is 0 Å². The molecule has 2 aliphatic rings. The number of aromatic nitrogens is 2. The van der Waals surface area contributed by atoms with E-state index >= 15 is 0 Å². The van der Waals surface area contributed by atoms with Crippen LogP contribution >= 0.6 is 0 Å². The van der Waals surface area contributed by atoms with Gasteiger partial charge in [-0.3, -0.25) is 4.90 Å². The van der Waals surface area contributed by atoms with Crippen molar-refractivity contribution in [2.45, 2.75) is 18.6 Å². The number of benzene rings is 1. The first kappa shape index (κ1) is 13.5. The summed E-state index contributed by atoms with van der Waals surface area (Å²) in [5.41, 5.74) is 3.57. The molecule has 3 heterocycles. The van der Waals surface area contributed by atoms with Crippen molar-refractivity contribution < 1.29 is 5.11 Å². The lowest BCUT2D eigenvalue weighted by molar-refractivity contribution is 0.0149. The van der Waals surface area contributed by atoms with Crippen LogP contribution in [0.2, 0.25) is 0 Å². The fraction of sp³-hybridized carbons (Fsp3) is 0.412. The zero-order valence-electron chi connectivity index (χ0n) is 12.3. The van der Waals surface area contributed by atoms with E-state index < -0.39 is 0 Å². The quantitative estimate of drug-likeness (QED) is 0.856. The van der Waals surface area contributed by atoms with Crippen molar-refractivity contribution in [3.05, 3.63) is 42.4 Å². The lowest BCUT2D eigenvalue weighted by Crippen LogP contribution is -2.46. The highest BCUT2D eigenvalue weighted by molar-refractivity contribution is 5.69. The molecule has 1 aromatic carbocycles. The Hall–Kier alpha value is -2.16. The number of likely N-dealkylation sites (tertiary alicyclic amines) is 1. The molecule has 1 N–H and O–H groups in total. The van der Waals surface area contributed by atoms with Crippen LogP contribution in [0.25, 0.3) is 11.3 Å². The molecule has 112 valence electrons. The average molecular weight is 294 g/mol. The molecular formula is C17H18N4O. The number of hydrogen-bond donors (Lipinski definition) is 1. The van der Waals surface area contributed by atoms with Gasteiger partial charge in [-0.05, 0) is 12.0 Å².